The number of methoxy groups -OCH3 is 1. The molecular weight excluding hydrogens is 204 g/mol. The zero-order chi connectivity index (χ0) is 11.5. The number of anilines is 1. The van der Waals surface area contributed by atoms with Crippen LogP contribution in [0.25, 0.3) is 0 Å². The molecule has 0 spiro atoms. The molecule has 1 heterocycles. The summed E-state index contributed by atoms with van der Waals surface area (Å²) < 4.78 is 5.37. The number of hydrogen-bond donors (Lipinski definition) is 1. The molecule has 0 amide bonds. The van der Waals surface area contributed by atoms with Crippen molar-refractivity contribution in [3.8, 4) is 5.75 Å². The second kappa shape index (κ2) is 4.65. The van der Waals surface area contributed by atoms with Gasteiger partial charge in [-0.1, -0.05) is 0 Å². The molecular formula is C11H18N4O. The van der Waals surface area contributed by atoms with Crippen molar-refractivity contribution in [2.75, 3.05) is 25.1 Å². The molecule has 1 saturated carbocycles. The fourth-order valence-electron chi connectivity index (χ4n) is 1.88. The fraction of sp³-hybridized carbons (Fsp3) is 0.636. The van der Waals surface area contributed by atoms with Crippen LogP contribution in [0.1, 0.15) is 18.5 Å². The minimum absolute atomic E-state index is 0.576. The van der Waals surface area contributed by atoms with Crippen molar-refractivity contribution < 1.29 is 4.74 Å². The van der Waals surface area contributed by atoms with Gasteiger partial charge in [0, 0.05) is 19.1 Å². The van der Waals surface area contributed by atoms with E-state index < -0.39 is 0 Å². The Labute approximate surface area is 95.6 Å². The van der Waals surface area contributed by atoms with Crippen LogP contribution < -0.4 is 15.4 Å². The predicted octanol–water partition coefficient (Wildman–Crippen LogP) is 0.721. The maximum atomic E-state index is 5.64. The molecule has 16 heavy (non-hydrogen) atoms. The Kier molecular flexibility index (Phi) is 3.24. The van der Waals surface area contributed by atoms with Gasteiger partial charge in [0.25, 0.3) is 0 Å². The summed E-state index contributed by atoms with van der Waals surface area (Å²) in [6, 6.07) is 0.576. The van der Waals surface area contributed by atoms with Crippen molar-refractivity contribution in [3.05, 3.63) is 12.0 Å². The third-order valence-corrected chi connectivity index (χ3v) is 2.80. The summed E-state index contributed by atoms with van der Waals surface area (Å²) in [5.74, 6) is 1.64. The molecule has 1 aromatic heterocycles. The van der Waals surface area contributed by atoms with Gasteiger partial charge in [-0.25, -0.2) is 9.97 Å². The Morgan fingerprint density at radius 2 is 2.25 bits per heavy atom. The van der Waals surface area contributed by atoms with Crippen molar-refractivity contribution >= 4 is 5.82 Å². The summed E-state index contributed by atoms with van der Waals surface area (Å²) in [5.41, 5.74) is 6.51. The lowest BCUT2D eigenvalue weighted by Crippen LogP contribution is -2.32. The predicted molar refractivity (Wildman–Crippen MR) is 62.7 cm³/mol. The minimum atomic E-state index is 0.576. The highest BCUT2D eigenvalue weighted by atomic mass is 16.5. The summed E-state index contributed by atoms with van der Waals surface area (Å²) >= 11 is 0. The van der Waals surface area contributed by atoms with Gasteiger partial charge in [-0.05, 0) is 19.8 Å². The summed E-state index contributed by atoms with van der Waals surface area (Å²) in [6.07, 6.45) is 4.01. The van der Waals surface area contributed by atoms with E-state index in [1.807, 2.05) is 6.92 Å². The average molecular weight is 222 g/mol. The highest BCUT2D eigenvalue weighted by Gasteiger charge is 2.31. The van der Waals surface area contributed by atoms with Crippen LogP contribution >= 0.6 is 0 Å². The second-order valence-corrected chi connectivity index (χ2v) is 4.03. The van der Waals surface area contributed by atoms with Crippen LogP contribution in [0.2, 0.25) is 0 Å². The number of hydrogen-bond acceptors (Lipinski definition) is 5. The lowest BCUT2D eigenvalue weighted by Gasteiger charge is -2.24. The average Bonchev–Trinajstić information content (AvgIpc) is 3.09. The monoisotopic (exact) mass is 222 g/mol. The van der Waals surface area contributed by atoms with Crippen LogP contribution in [0.5, 0.6) is 5.75 Å². The minimum Gasteiger partial charge on any atom is -0.491 e. The first-order valence-corrected chi connectivity index (χ1v) is 5.60. The molecule has 2 rings (SSSR count). The molecule has 2 N–H and O–H groups in total. The number of rotatable bonds is 5. The lowest BCUT2D eigenvalue weighted by atomic mass is 10.3. The smallest absolute Gasteiger partial charge is 0.182 e. The number of ether oxygens (including phenoxy) is 1. The van der Waals surface area contributed by atoms with Gasteiger partial charge in [-0.3, -0.25) is 0 Å². The molecule has 0 unspecified atom stereocenters. The Bertz CT molecular complexity index is 365. The van der Waals surface area contributed by atoms with Crippen LogP contribution in [0.3, 0.4) is 0 Å². The van der Waals surface area contributed by atoms with E-state index in [4.69, 9.17) is 10.5 Å². The second-order valence-electron chi connectivity index (χ2n) is 4.03. The van der Waals surface area contributed by atoms with Crippen LogP contribution in [-0.4, -0.2) is 36.2 Å². The Hall–Kier alpha value is -1.36. The molecule has 1 aromatic rings. The Morgan fingerprint density at radius 1 is 1.50 bits per heavy atom. The van der Waals surface area contributed by atoms with Gasteiger partial charge in [0.15, 0.2) is 11.6 Å². The standard InChI is InChI=1S/C11H18N4O/c1-8-10(16-2)11(14-7-13-8)15(6-5-12)9-3-4-9/h7,9H,3-6,12H2,1-2H3. The molecule has 0 saturated heterocycles. The normalized spacial score (nSPS) is 14.9. The first-order chi connectivity index (χ1) is 7.77. The van der Waals surface area contributed by atoms with E-state index in [1.165, 1.54) is 12.8 Å². The van der Waals surface area contributed by atoms with E-state index in [1.54, 1.807) is 13.4 Å². The van der Waals surface area contributed by atoms with E-state index in [0.29, 0.717) is 12.6 Å². The fourth-order valence-corrected chi connectivity index (χ4v) is 1.88. The first-order valence-electron chi connectivity index (χ1n) is 5.60. The molecule has 1 aliphatic carbocycles. The van der Waals surface area contributed by atoms with Crippen molar-refractivity contribution in [2.24, 2.45) is 5.73 Å². The van der Waals surface area contributed by atoms with Crippen molar-refractivity contribution in [3.63, 3.8) is 0 Å². The number of aromatic nitrogens is 2. The highest BCUT2D eigenvalue weighted by Crippen LogP contribution is 2.35. The van der Waals surface area contributed by atoms with Gasteiger partial charge in [0.05, 0.1) is 12.8 Å². The Balaban J connectivity index is 2.32. The molecule has 0 aromatic carbocycles. The van der Waals surface area contributed by atoms with Crippen molar-refractivity contribution in [1.29, 1.82) is 0 Å². The van der Waals surface area contributed by atoms with E-state index in [0.717, 1.165) is 23.8 Å². The highest BCUT2D eigenvalue weighted by molar-refractivity contribution is 5.55. The summed E-state index contributed by atoms with van der Waals surface area (Å²) in [7, 11) is 1.66. The van der Waals surface area contributed by atoms with Gasteiger partial charge in [-0.15, -0.1) is 0 Å². The van der Waals surface area contributed by atoms with E-state index in [9.17, 15) is 0 Å². The molecule has 88 valence electrons. The third-order valence-electron chi connectivity index (χ3n) is 2.80. The maximum absolute atomic E-state index is 5.64. The molecule has 0 bridgehead atoms. The topological polar surface area (TPSA) is 64.3 Å². The van der Waals surface area contributed by atoms with Crippen LogP contribution in [-0.2, 0) is 0 Å². The van der Waals surface area contributed by atoms with Crippen LogP contribution in [0.4, 0.5) is 5.82 Å². The number of nitrogens with zero attached hydrogens (tertiary/aromatic N) is 3. The van der Waals surface area contributed by atoms with Gasteiger partial charge >= 0.3 is 0 Å². The quantitative estimate of drug-likeness (QED) is 0.795. The molecule has 5 heteroatoms. The number of aryl methyl sites for hydroxylation is 1. The molecule has 0 aliphatic heterocycles. The zero-order valence-electron chi connectivity index (χ0n) is 9.81. The molecule has 0 radical (unpaired) electrons. The number of nitrogens with two attached hydrogens (primary N) is 1. The van der Waals surface area contributed by atoms with Gasteiger partial charge in [0.2, 0.25) is 0 Å². The Morgan fingerprint density at radius 3 is 2.81 bits per heavy atom. The van der Waals surface area contributed by atoms with Crippen LogP contribution in [0.15, 0.2) is 6.33 Å². The summed E-state index contributed by atoms with van der Waals surface area (Å²) in [6.45, 7) is 3.37. The molecule has 1 aliphatic rings. The third kappa shape index (κ3) is 2.09. The zero-order valence-corrected chi connectivity index (χ0v) is 9.81. The van der Waals surface area contributed by atoms with Gasteiger partial charge in [-0.2, -0.15) is 0 Å². The molecule has 0 atom stereocenters. The van der Waals surface area contributed by atoms with Crippen molar-refractivity contribution in [1.82, 2.24) is 9.97 Å². The van der Waals surface area contributed by atoms with E-state index >= 15 is 0 Å². The maximum Gasteiger partial charge on any atom is 0.182 e. The van der Waals surface area contributed by atoms with Crippen molar-refractivity contribution in [2.45, 2.75) is 25.8 Å². The van der Waals surface area contributed by atoms with E-state index in [-0.39, 0.29) is 0 Å². The van der Waals surface area contributed by atoms with Gasteiger partial charge in [0.1, 0.15) is 6.33 Å². The first kappa shape index (κ1) is 11.1. The lowest BCUT2D eigenvalue weighted by molar-refractivity contribution is 0.406. The van der Waals surface area contributed by atoms with E-state index in [2.05, 4.69) is 14.9 Å². The SMILES string of the molecule is COc1c(C)ncnc1N(CCN)C1CC1. The largest absolute Gasteiger partial charge is 0.491 e. The summed E-state index contributed by atoms with van der Waals surface area (Å²) in [4.78, 5) is 10.7. The molecule has 5 nitrogen and oxygen atoms in total. The summed E-state index contributed by atoms with van der Waals surface area (Å²) in [5, 5.41) is 0. The van der Waals surface area contributed by atoms with Crippen LogP contribution in [0, 0.1) is 6.92 Å². The molecule has 1 fully saturated rings. The van der Waals surface area contributed by atoms with Gasteiger partial charge < -0.3 is 15.4 Å².